The zero-order chi connectivity index (χ0) is 15.2. The smallest absolute Gasteiger partial charge is 0.251 e. The van der Waals surface area contributed by atoms with E-state index in [2.05, 4.69) is 10.6 Å². The predicted octanol–water partition coefficient (Wildman–Crippen LogP) is 1.18. The summed E-state index contributed by atoms with van der Waals surface area (Å²) in [5.41, 5.74) is 7.37. The molecule has 114 valence electrons. The second-order valence-corrected chi connectivity index (χ2v) is 5.55. The van der Waals surface area contributed by atoms with E-state index in [1.807, 2.05) is 25.1 Å². The number of benzene rings is 1. The molecule has 0 saturated heterocycles. The van der Waals surface area contributed by atoms with Gasteiger partial charge in [0.2, 0.25) is 5.91 Å². The molecule has 2 rings (SSSR count). The molecule has 1 aliphatic carbocycles. The Hall–Kier alpha value is -1.88. The number of nitrogens with one attached hydrogen (secondary N) is 2. The molecule has 1 aromatic carbocycles. The van der Waals surface area contributed by atoms with E-state index < -0.39 is 0 Å². The normalized spacial score (nSPS) is 21.0. The summed E-state index contributed by atoms with van der Waals surface area (Å²) in [6.45, 7) is 2.92. The third-order valence-corrected chi connectivity index (χ3v) is 3.84. The van der Waals surface area contributed by atoms with Crippen LogP contribution in [0.5, 0.6) is 0 Å². The molecule has 1 aliphatic rings. The minimum absolute atomic E-state index is 0.0339. The molecule has 0 bridgehead atoms. The minimum atomic E-state index is -0.0903. The molecule has 0 heterocycles. The first kappa shape index (κ1) is 15.5. The van der Waals surface area contributed by atoms with Crippen molar-refractivity contribution in [3.05, 3.63) is 35.4 Å². The van der Waals surface area contributed by atoms with E-state index in [9.17, 15) is 9.59 Å². The van der Waals surface area contributed by atoms with Gasteiger partial charge in [0.25, 0.3) is 5.91 Å². The fraction of sp³-hybridized carbons (Fsp3) is 0.500. The van der Waals surface area contributed by atoms with Gasteiger partial charge in [0.15, 0.2) is 0 Å². The van der Waals surface area contributed by atoms with Crippen LogP contribution in [0.3, 0.4) is 0 Å². The number of carbonyl (C=O) groups excluding carboxylic acids is 2. The summed E-state index contributed by atoms with van der Waals surface area (Å²) < 4.78 is 0. The van der Waals surface area contributed by atoms with Gasteiger partial charge in [-0.2, -0.15) is 0 Å². The first-order valence-electron chi connectivity index (χ1n) is 7.50. The number of carbonyl (C=O) groups is 2. The summed E-state index contributed by atoms with van der Waals surface area (Å²) in [4.78, 5) is 23.8. The fourth-order valence-corrected chi connectivity index (χ4v) is 2.67. The molecule has 0 spiro atoms. The van der Waals surface area contributed by atoms with E-state index in [-0.39, 0.29) is 23.8 Å². The SMILES string of the molecule is CCNC(=O)c1cccc(CNC(=O)C2CCC(N)C2)c1. The lowest BCUT2D eigenvalue weighted by molar-refractivity contribution is -0.125. The summed E-state index contributed by atoms with van der Waals surface area (Å²) >= 11 is 0. The fourth-order valence-electron chi connectivity index (χ4n) is 2.67. The van der Waals surface area contributed by atoms with Gasteiger partial charge in [-0.05, 0) is 43.9 Å². The van der Waals surface area contributed by atoms with Crippen LogP contribution in [-0.2, 0) is 11.3 Å². The van der Waals surface area contributed by atoms with Gasteiger partial charge < -0.3 is 16.4 Å². The maximum Gasteiger partial charge on any atom is 0.251 e. The molecule has 1 aromatic rings. The lowest BCUT2D eigenvalue weighted by Crippen LogP contribution is -2.30. The molecule has 0 aromatic heterocycles. The molecule has 0 radical (unpaired) electrons. The highest BCUT2D eigenvalue weighted by Gasteiger charge is 2.27. The quantitative estimate of drug-likeness (QED) is 0.761. The van der Waals surface area contributed by atoms with Crippen molar-refractivity contribution in [1.29, 1.82) is 0 Å². The lowest BCUT2D eigenvalue weighted by Gasteiger charge is -2.11. The van der Waals surface area contributed by atoms with Crippen molar-refractivity contribution >= 4 is 11.8 Å². The second-order valence-electron chi connectivity index (χ2n) is 5.55. The van der Waals surface area contributed by atoms with Gasteiger partial charge in [0.05, 0.1) is 0 Å². The van der Waals surface area contributed by atoms with Crippen molar-refractivity contribution in [2.24, 2.45) is 11.7 Å². The van der Waals surface area contributed by atoms with Gasteiger partial charge in [0, 0.05) is 30.6 Å². The van der Waals surface area contributed by atoms with Crippen LogP contribution in [0.4, 0.5) is 0 Å². The minimum Gasteiger partial charge on any atom is -0.352 e. The molecule has 21 heavy (non-hydrogen) atoms. The topological polar surface area (TPSA) is 84.2 Å². The Morgan fingerprint density at radius 2 is 2.10 bits per heavy atom. The Labute approximate surface area is 125 Å². The average Bonchev–Trinajstić information content (AvgIpc) is 2.92. The monoisotopic (exact) mass is 289 g/mol. The highest BCUT2D eigenvalue weighted by Crippen LogP contribution is 2.24. The van der Waals surface area contributed by atoms with Gasteiger partial charge in [-0.3, -0.25) is 9.59 Å². The standard InChI is InChI=1S/C16H23N3O2/c1-2-18-15(20)12-5-3-4-11(8-12)10-19-16(21)13-6-7-14(17)9-13/h3-5,8,13-14H,2,6-7,9-10,17H2,1H3,(H,18,20)(H,19,21). The van der Waals surface area contributed by atoms with Crippen molar-refractivity contribution < 1.29 is 9.59 Å². The van der Waals surface area contributed by atoms with Crippen LogP contribution in [0.2, 0.25) is 0 Å². The van der Waals surface area contributed by atoms with Crippen molar-refractivity contribution in [2.75, 3.05) is 6.54 Å². The van der Waals surface area contributed by atoms with Gasteiger partial charge in [0.1, 0.15) is 0 Å². The first-order valence-corrected chi connectivity index (χ1v) is 7.50. The van der Waals surface area contributed by atoms with E-state index in [1.54, 1.807) is 6.07 Å². The van der Waals surface area contributed by atoms with Crippen LogP contribution < -0.4 is 16.4 Å². The number of rotatable bonds is 5. The first-order chi connectivity index (χ1) is 10.1. The van der Waals surface area contributed by atoms with E-state index in [4.69, 9.17) is 5.73 Å². The zero-order valence-corrected chi connectivity index (χ0v) is 12.4. The summed E-state index contributed by atoms with van der Waals surface area (Å²) in [5.74, 6) is 0.00498. The Kier molecular flexibility index (Phi) is 5.33. The molecule has 2 unspecified atom stereocenters. The molecule has 1 fully saturated rings. The van der Waals surface area contributed by atoms with Gasteiger partial charge in [-0.25, -0.2) is 0 Å². The Morgan fingerprint density at radius 3 is 2.76 bits per heavy atom. The molecule has 5 nitrogen and oxygen atoms in total. The average molecular weight is 289 g/mol. The molecule has 0 aliphatic heterocycles. The van der Waals surface area contributed by atoms with Crippen LogP contribution in [0.1, 0.15) is 42.1 Å². The number of hydrogen-bond donors (Lipinski definition) is 3. The largest absolute Gasteiger partial charge is 0.352 e. The summed E-state index contributed by atoms with van der Waals surface area (Å²) in [5, 5.41) is 5.70. The van der Waals surface area contributed by atoms with Gasteiger partial charge in [-0.1, -0.05) is 12.1 Å². The number of nitrogens with two attached hydrogens (primary N) is 1. The van der Waals surface area contributed by atoms with Gasteiger partial charge >= 0.3 is 0 Å². The molecule has 2 amide bonds. The molecule has 4 N–H and O–H groups in total. The Morgan fingerprint density at radius 1 is 1.29 bits per heavy atom. The second kappa shape index (κ2) is 7.22. The predicted molar refractivity (Wildman–Crippen MR) is 81.6 cm³/mol. The highest BCUT2D eigenvalue weighted by atomic mass is 16.2. The van der Waals surface area contributed by atoms with Crippen molar-refractivity contribution in [3.8, 4) is 0 Å². The maximum atomic E-state index is 12.0. The molecule has 5 heteroatoms. The summed E-state index contributed by atoms with van der Waals surface area (Å²) in [6.07, 6.45) is 2.56. The molecular formula is C16H23N3O2. The molecular weight excluding hydrogens is 266 g/mol. The number of amides is 2. The highest BCUT2D eigenvalue weighted by molar-refractivity contribution is 5.94. The van der Waals surface area contributed by atoms with Crippen LogP contribution in [0.25, 0.3) is 0 Å². The number of hydrogen-bond acceptors (Lipinski definition) is 3. The van der Waals surface area contributed by atoms with Crippen molar-refractivity contribution in [3.63, 3.8) is 0 Å². The van der Waals surface area contributed by atoms with Crippen LogP contribution in [-0.4, -0.2) is 24.4 Å². The molecule has 2 atom stereocenters. The van der Waals surface area contributed by atoms with Crippen molar-refractivity contribution in [1.82, 2.24) is 10.6 Å². The van der Waals surface area contributed by atoms with E-state index in [0.717, 1.165) is 24.8 Å². The van der Waals surface area contributed by atoms with Gasteiger partial charge in [-0.15, -0.1) is 0 Å². The zero-order valence-electron chi connectivity index (χ0n) is 12.4. The third-order valence-electron chi connectivity index (χ3n) is 3.84. The van der Waals surface area contributed by atoms with E-state index >= 15 is 0 Å². The Balaban J connectivity index is 1.89. The molecule has 1 saturated carbocycles. The van der Waals surface area contributed by atoms with Crippen LogP contribution in [0, 0.1) is 5.92 Å². The summed E-state index contributed by atoms with van der Waals surface area (Å²) in [7, 11) is 0. The lowest BCUT2D eigenvalue weighted by atomic mass is 10.1. The van der Waals surface area contributed by atoms with Crippen LogP contribution in [0.15, 0.2) is 24.3 Å². The van der Waals surface area contributed by atoms with Crippen LogP contribution >= 0.6 is 0 Å². The van der Waals surface area contributed by atoms with Crippen molar-refractivity contribution in [2.45, 2.75) is 38.8 Å². The van der Waals surface area contributed by atoms with E-state index in [0.29, 0.717) is 18.7 Å². The third kappa shape index (κ3) is 4.29. The Bertz CT molecular complexity index is 516. The maximum absolute atomic E-state index is 12.0. The van der Waals surface area contributed by atoms with E-state index in [1.165, 1.54) is 0 Å². The summed E-state index contributed by atoms with van der Waals surface area (Å²) in [6, 6.07) is 7.47.